The molecule has 5 atom stereocenters. The van der Waals surface area contributed by atoms with Gasteiger partial charge in [0.2, 0.25) is 5.91 Å². The maximum absolute atomic E-state index is 13.2. The van der Waals surface area contributed by atoms with Crippen LogP contribution in [-0.2, 0) is 9.53 Å². The Morgan fingerprint density at radius 3 is 2.65 bits per heavy atom. The zero-order valence-corrected chi connectivity index (χ0v) is 19.0. The molecule has 4 N–H and O–H groups in total. The van der Waals surface area contributed by atoms with E-state index in [4.69, 9.17) is 9.47 Å². The molecule has 2 saturated heterocycles. The van der Waals surface area contributed by atoms with E-state index in [2.05, 4.69) is 16.0 Å². The summed E-state index contributed by atoms with van der Waals surface area (Å²) >= 11 is 0. The van der Waals surface area contributed by atoms with Crippen molar-refractivity contribution < 1.29 is 24.2 Å². The fraction of sp³-hybridized carbons (Fsp3) is 0.462. The van der Waals surface area contributed by atoms with Gasteiger partial charge in [-0.15, -0.1) is 0 Å². The van der Waals surface area contributed by atoms with E-state index < -0.39 is 18.2 Å². The fourth-order valence-electron chi connectivity index (χ4n) is 4.92. The Kier molecular flexibility index (Phi) is 6.80. The van der Waals surface area contributed by atoms with Crippen LogP contribution in [0, 0.1) is 0 Å². The van der Waals surface area contributed by atoms with Gasteiger partial charge in [0.1, 0.15) is 11.9 Å². The van der Waals surface area contributed by atoms with Crippen LogP contribution in [0.2, 0.25) is 0 Å². The van der Waals surface area contributed by atoms with Gasteiger partial charge >= 0.3 is 0 Å². The minimum atomic E-state index is -0.603. The van der Waals surface area contributed by atoms with Crippen LogP contribution < -0.4 is 20.7 Å². The summed E-state index contributed by atoms with van der Waals surface area (Å²) in [5.74, 6) is 0.170. The molecular formula is C26H31N3O5. The van der Waals surface area contributed by atoms with Crippen LogP contribution in [-0.4, -0.2) is 67.0 Å². The number of hydrogen-bond donors (Lipinski definition) is 4. The second-order valence-corrected chi connectivity index (χ2v) is 9.27. The van der Waals surface area contributed by atoms with Gasteiger partial charge in [0.05, 0.1) is 30.4 Å². The van der Waals surface area contributed by atoms with Crippen LogP contribution in [0.5, 0.6) is 5.75 Å². The molecule has 2 amide bonds. The predicted octanol–water partition coefficient (Wildman–Crippen LogP) is 1.62. The van der Waals surface area contributed by atoms with E-state index in [1.165, 1.54) is 0 Å². The molecule has 2 aromatic carbocycles. The van der Waals surface area contributed by atoms with Crippen LogP contribution in [0.1, 0.15) is 36.0 Å². The lowest BCUT2D eigenvalue weighted by atomic mass is 9.99. The van der Waals surface area contributed by atoms with E-state index in [0.717, 1.165) is 17.5 Å². The molecule has 180 valence electrons. The van der Waals surface area contributed by atoms with Crippen molar-refractivity contribution in [3.8, 4) is 16.9 Å². The Morgan fingerprint density at radius 1 is 0.941 bits per heavy atom. The van der Waals surface area contributed by atoms with Crippen molar-refractivity contribution in [3.05, 3.63) is 54.1 Å². The van der Waals surface area contributed by atoms with Crippen molar-refractivity contribution in [1.82, 2.24) is 16.0 Å². The highest BCUT2D eigenvalue weighted by Gasteiger charge is 2.34. The summed E-state index contributed by atoms with van der Waals surface area (Å²) in [6.07, 6.45) is 1.33. The topological polar surface area (TPSA) is 109 Å². The molecule has 8 nitrogen and oxygen atoms in total. The average Bonchev–Trinajstić information content (AvgIpc) is 3.32. The molecule has 0 unspecified atom stereocenters. The first kappa shape index (κ1) is 22.8. The minimum Gasteiger partial charge on any atom is -0.493 e. The predicted molar refractivity (Wildman–Crippen MR) is 127 cm³/mol. The van der Waals surface area contributed by atoms with E-state index >= 15 is 0 Å². The Morgan fingerprint density at radius 2 is 1.79 bits per heavy atom. The van der Waals surface area contributed by atoms with Gasteiger partial charge in [0.25, 0.3) is 5.91 Å². The standard InChI is InChI=1S/C26H31N3O5/c30-22-9-7-19-10-11-33-23-12-17(16-4-2-1-3-5-16)6-8-20(23)25(31)29-18-13-21(27-14-18)26(32)28-15-24(22)34-19/h1-6,8,12,18-19,21-22,24,27,30H,7,9-11,13-15H2,(H,28,32)(H,29,31)/t18-,19-,21-,22-,24+/m0/s1. The molecule has 8 heteroatoms. The molecule has 3 aliphatic rings. The van der Waals surface area contributed by atoms with Crippen molar-refractivity contribution in [2.45, 2.75) is 56.1 Å². The van der Waals surface area contributed by atoms with E-state index in [1.807, 2.05) is 42.5 Å². The third kappa shape index (κ3) is 5.09. The van der Waals surface area contributed by atoms with Crippen LogP contribution in [0.4, 0.5) is 0 Å². The van der Waals surface area contributed by atoms with Crippen molar-refractivity contribution >= 4 is 11.8 Å². The average molecular weight is 466 g/mol. The van der Waals surface area contributed by atoms with Crippen molar-refractivity contribution in [1.29, 1.82) is 0 Å². The summed E-state index contributed by atoms with van der Waals surface area (Å²) in [5, 5.41) is 19.5. The molecule has 3 heterocycles. The van der Waals surface area contributed by atoms with Gasteiger partial charge in [0.15, 0.2) is 0 Å². The zero-order chi connectivity index (χ0) is 23.5. The number of carbonyl (C=O) groups excluding carboxylic acids is 2. The first-order valence-electron chi connectivity index (χ1n) is 12.0. The fourth-order valence-corrected chi connectivity index (χ4v) is 4.92. The van der Waals surface area contributed by atoms with E-state index in [1.54, 1.807) is 6.07 Å². The Balaban J connectivity index is 1.41. The van der Waals surface area contributed by atoms with Crippen molar-refractivity contribution in [2.24, 2.45) is 0 Å². The van der Waals surface area contributed by atoms with Crippen molar-refractivity contribution in [2.75, 3.05) is 19.7 Å². The molecule has 0 aliphatic carbocycles. The number of rotatable bonds is 1. The summed E-state index contributed by atoms with van der Waals surface area (Å²) in [6, 6.07) is 15.0. The lowest BCUT2D eigenvalue weighted by Crippen LogP contribution is -2.49. The lowest BCUT2D eigenvalue weighted by molar-refractivity contribution is -0.131. The number of fused-ring (bicyclic) bond motifs is 5. The molecule has 34 heavy (non-hydrogen) atoms. The molecule has 0 aromatic heterocycles. The van der Waals surface area contributed by atoms with Crippen LogP contribution in [0.15, 0.2) is 48.5 Å². The zero-order valence-electron chi connectivity index (χ0n) is 19.0. The smallest absolute Gasteiger partial charge is 0.255 e. The van der Waals surface area contributed by atoms with Crippen LogP contribution in [0.3, 0.4) is 0 Å². The highest BCUT2D eigenvalue weighted by Crippen LogP contribution is 2.29. The molecular weight excluding hydrogens is 434 g/mol. The number of carbonyl (C=O) groups is 2. The molecule has 0 saturated carbocycles. The van der Waals surface area contributed by atoms with Gasteiger partial charge in [-0.1, -0.05) is 36.4 Å². The number of aliphatic hydroxyl groups is 1. The maximum Gasteiger partial charge on any atom is 0.255 e. The van der Waals surface area contributed by atoms with Crippen LogP contribution in [0.25, 0.3) is 11.1 Å². The van der Waals surface area contributed by atoms with Crippen molar-refractivity contribution in [3.63, 3.8) is 0 Å². The summed E-state index contributed by atoms with van der Waals surface area (Å²) < 4.78 is 12.2. The molecule has 2 aromatic rings. The largest absolute Gasteiger partial charge is 0.493 e. The number of ether oxygens (including phenoxy) is 2. The normalized spacial score (nSPS) is 30.0. The number of benzene rings is 2. The van der Waals surface area contributed by atoms with Gasteiger partial charge in [-0.2, -0.15) is 0 Å². The third-order valence-electron chi connectivity index (χ3n) is 6.87. The monoisotopic (exact) mass is 465 g/mol. The van der Waals surface area contributed by atoms with Gasteiger partial charge in [-0.3, -0.25) is 9.59 Å². The number of amides is 2. The number of hydrogen-bond acceptors (Lipinski definition) is 6. The molecule has 0 radical (unpaired) electrons. The summed E-state index contributed by atoms with van der Waals surface area (Å²) in [4.78, 5) is 25.8. The van der Waals surface area contributed by atoms with Gasteiger partial charge in [-0.25, -0.2) is 0 Å². The molecule has 0 spiro atoms. The first-order chi connectivity index (χ1) is 16.6. The SMILES string of the molecule is O=C1N[C@@H]2CN[C@@H](C2)C(=O)NC[C@H]2O[C@H](CCOc3cc(-c4ccccc4)ccc31)CC[C@@H]2O. The molecule has 4 bridgehead atoms. The number of aliphatic hydroxyl groups excluding tert-OH is 1. The summed E-state index contributed by atoms with van der Waals surface area (Å²) in [5.41, 5.74) is 2.48. The second kappa shape index (κ2) is 10.1. The maximum atomic E-state index is 13.2. The summed E-state index contributed by atoms with van der Waals surface area (Å²) in [7, 11) is 0. The third-order valence-corrected chi connectivity index (χ3v) is 6.87. The minimum absolute atomic E-state index is 0.0817. The Hall–Kier alpha value is -2.94. The lowest BCUT2D eigenvalue weighted by Gasteiger charge is -2.34. The van der Waals surface area contributed by atoms with Crippen LogP contribution >= 0.6 is 0 Å². The van der Waals surface area contributed by atoms with Gasteiger partial charge in [0, 0.05) is 25.6 Å². The van der Waals surface area contributed by atoms with Gasteiger partial charge in [-0.05, 0) is 42.5 Å². The first-order valence-corrected chi connectivity index (χ1v) is 12.0. The van der Waals surface area contributed by atoms with E-state index in [9.17, 15) is 14.7 Å². The Bertz CT molecular complexity index is 1030. The molecule has 2 fully saturated rings. The summed E-state index contributed by atoms with van der Waals surface area (Å²) in [6.45, 7) is 1.15. The number of nitrogens with one attached hydrogen (secondary N) is 3. The Labute approximate surface area is 199 Å². The quantitative estimate of drug-likeness (QED) is 0.510. The molecule has 5 rings (SSSR count). The van der Waals surface area contributed by atoms with E-state index in [-0.39, 0.29) is 30.5 Å². The second-order valence-electron chi connectivity index (χ2n) is 9.27. The van der Waals surface area contributed by atoms with Gasteiger partial charge < -0.3 is 30.5 Å². The van der Waals surface area contributed by atoms with E-state index in [0.29, 0.717) is 43.7 Å². The highest BCUT2D eigenvalue weighted by atomic mass is 16.5. The highest BCUT2D eigenvalue weighted by molar-refractivity contribution is 5.98. The molecule has 3 aliphatic heterocycles.